The molecule has 0 fully saturated rings. The minimum absolute atomic E-state index is 0.293. The number of amides is 1. The lowest BCUT2D eigenvalue weighted by atomic mass is 10.1. The van der Waals surface area contributed by atoms with E-state index in [0.717, 1.165) is 0 Å². The first-order valence-electron chi connectivity index (χ1n) is 4.49. The van der Waals surface area contributed by atoms with Crippen molar-refractivity contribution >= 4 is 12.1 Å². The van der Waals surface area contributed by atoms with E-state index in [2.05, 4.69) is 9.99 Å². The molecular formula is C10H12N2O4. The molecule has 1 aromatic rings. The molecule has 0 aliphatic carbocycles. The molecule has 0 saturated heterocycles. The molecule has 0 radical (unpaired) electrons. The second-order valence-corrected chi connectivity index (χ2v) is 3.02. The highest BCUT2D eigenvalue weighted by Gasteiger charge is 2.01. The van der Waals surface area contributed by atoms with E-state index >= 15 is 0 Å². The Morgan fingerprint density at radius 2 is 2.31 bits per heavy atom. The van der Waals surface area contributed by atoms with Crippen LogP contribution in [0, 0.1) is 0 Å². The van der Waals surface area contributed by atoms with Gasteiger partial charge in [-0.25, -0.2) is 0 Å². The van der Waals surface area contributed by atoms with Gasteiger partial charge in [0.2, 0.25) is 0 Å². The molecule has 0 saturated carbocycles. The normalized spacial score (nSPS) is 10.9. The standard InChI is InChI=1S/C10H12N2O4/c11-9(13)6-16-12-5-7-2-1-3-8(4-7)10(14)15/h1-5,10,14-15H,6H2,(H2,11,13)/b12-5-. The van der Waals surface area contributed by atoms with Gasteiger partial charge in [0.05, 0.1) is 6.21 Å². The predicted molar refractivity (Wildman–Crippen MR) is 56.4 cm³/mol. The summed E-state index contributed by atoms with van der Waals surface area (Å²) in [6.45, 7) is -0.293. The minimum atomic E-state index is -1.53. The Hall–Kier alpha value is -1.92. The molecule has 1 aromatic carbocycles. The van der Waals surface area contributed by atoms with Crippen molar-refractivity contribution in [1.29, 1.82) is 0 Å². The van der Waals surface area contributed by atoms with Gasteiger partial charge in [-0.1, -0.05) is 23.4 Å². The highest BCUT2D eigenvalue weighted by atomic mass is 16.6. The van der Waals surface area contributed by atoms with Crippen LogP contribution in [0.3, 0.4) is 0 Å². The number of benzene rings is 1. The monoisotopic (exact) mass is 224 g/mol. The number of carbonyl (C=O) groups is 1. The van der Waals surface area contributed by atoms with Gasteiger partial charge < -0.3 is 20.8 Å². The number of nitrogens with two attached hydrogens (primary N) is 1. The average molecular weight is 224 g/mol. The molecular weight excluding hydrogens is 212 g/mol. The van der Waals surface area contributed by atoms with Crippen LogP contribution in [-0.2, 0) is 9.63 Å². The number of aliphatic hydroxyl groups excluding tert-OH is 1. The first-order chi connectivity index (χ1) is 7.59. The van der Waals surface area contributed by atoms with Gasteiger partial charge in [-0.3, -0.25) is 4.79 Å². The number of aliphatic hydroxyl groups is 2. The third-order valence-electron chi connectivity index (χ3n) is 1.69. The molecule has 0 bridgehead atoms. The van der Waals surface area contributed by atoms with E-state index in [4.69, 9.17) is 15.9 Å². The number of carbonyl (C=O) groups excluding carboxylic acids is 1. The van der Waals surface area contributed by atoms with Crippen LogP contribution in [0.2, 0.25) is 0 Å². The lowest BCUT2D eigenvalue weighted by Gasteiger charge is -2.03. The maximum absolute atomic E-state index is 10.3. The molecule has 6 heteroatoms. The Labute approximate surface area is 91.9 Å². The lowest BCUT2D eigenvalue weighted by Crippen LogP contribution is -2.16. The Morgan fingerprint density at radius 3 is 2.94 bits per heavy atom. The second kappa shape index (κ2) is 5.84. The summed E-state index contributed by atoms with van der Waals surface area (Å²) in [6.07, 6.45) is -0.186. The number of primary amides is 1. The zero-order valence-electron chi connectivity index (χ0n) is 8.41. The number of rotatable bonds is 5. The molecule has 1 amide bonds. The first kappa shape index (κ1) is 12.2. The molecule has 0 aromatic heterocycles. The summed E-state index contributed by atoms with van der Waals surface area (Å²) in [4.78, 5) is 14.9. The van der Waals surface area contributed by atoms with E-state index in [1.54, 1.807) is 18.2 Å². The van der Waals surface area contributed by atoms with Gasteiger partial charge in [0.25, 0.3) is 5.91 Å². The third-order valence-corrected chi connectivity index (χ3v) is 1.69. The Kier molecular flexibility index (Phi) is 4.43. The summed E-state index contributed by atoms with van der Waals surface area (Å²) >= 11 is 0. The molecule has 86 valence electrons. The average Bonchev–Trinajstić information content (AvgIpc) is 2.24. The van der Waals surface area contributed by atoms with E-state index in [9.17, 15) is 4.79 Å². The summed E-state index contributed by atoms with van der Waals surface area (Å²) in [6, 6.07) is 6.43. The van der Waals surface area contributed by atoms with Crippen LogP contribution in [0.1, 0.15) is 17.4 Å². The van der Waals surface area contributed by atoms with Crippen molar-refractivity contribution in [2.24, 2.45) is 10.9 Å². The SMILES string of the molecule is NC(=O)CO/N=C\c1cccc(C(O)O)c1. The van der Waals surface area contributed by atoms with Crippen molar-refractivity contribution in [2.75, 3.05) is 6.61 Å². The van der Waals surface area contributed by atoms with E-state index in [-0.39, 0.29) is 6.61 Å². The van der Waals surface area contributed by atoms with E-state index in [1.165, 1.54) is 12.3 Å². The van der Waals surface area contributed by atoms with Gasteiger partial charge in [0.15, 0.2) is 12.9 Å². The number of hydrogen-bond donors (Lipinski definition) is 3. The quantitative estimate of drug-likeness (QED) is 0.356. The molecule has 0 aliphatic rings. The molecule has 0 heterocycles. The molecule has 1 rings (SSSR count). The summed E-state index contributed by atoms with van der Waals surface area (Å²) in [5.41, 5.74) is 5.80. The van der Waals surface area contributed by atoms with Gasteiger partial charge in [-0.15, -0.1) is 0 Å². The zero-order valence-corrected chi connectivity index (χ0v) is 8.41. The summed E-state index contributed by atoms with van der Waals surface area (Å²) < 4.78 is 0. The van der Waals surface area contributed by atoms with Crippen LogP contribution >= 0.6 is 0 Å². The topological polar surface area (TPSA) is 105 Å². The summed E-state index contributed by atoms with van der Waals surface area (Å²) in [5, 5.41) is 21.3. The fraction of sp³-hybridized carbons (Fsp3) is 0.200. The van der Waals surface area contributed by atoms with Crippen molar-refractivity contribution in [2.45, 2.75) is 6.29 Å². The lowest BCUT2D eigenvalue weighted by molar-refractivity contribution is -0.122. The predicted octanol–water partition coefficient (Wildman–Crippen LogP) is -0.494. The van der Waals surface area contributed by atoms with Gasteiger partial charge in [-0.05, 0) is 11.6 Å². The maximum Gasteiger partial charge on any atom is 0.258 e. The van der Waals surface area contributed by atoms with E-state index in [0.29, 0.717) is 11.1 Å². The fourth-order valence-corrected chi connectivity index (χ4v) is 0.999. The van der Waals surface area contributed by atoms with Crippen LogP contribution in [0.15, 0.2) is 29.4 Å². The molecule has 0 aliphatic heterocycles. The van der Waals surface area contributed by atoms with Crippen LogP contribution in [0.4, 0.5) is 0 Å². The van der Waals surface area contributed by atoms with E-state index < -0.39 is 12.2 Å². The van der Waals surface area contributed by atoms with Crippen LogP contribution < -0.4 is 5.73 Å². The fourth-order valence-electron chi connectivity index (χ4n) is 0.999. The van der Waals surface area contributed by atoms with Gasteiger partial charge in [0.1, 0.15) is 0 Å². The molecule has 4 N–H and O–H groups in total. The highest BCUT2D eigenvalue weighted by molar-refractivity contribution is 5.79. The molecule has 16 heavy (non-hydrogen) atoms. The summed E-state index contributed by atoms with van der Waals surface area (Å²) in [7, 11) is 0. The van der Waals surface area contributed by atoms with Crippen molar-refractivity contribution in [3.63, 3.8) is 0 Å². The first-order valence-corrected chi connectivity index (χ1v) is 4.49. The van der Waals surface area contributed by atoms with Crippen LogP contribution in [0.5, 0.6) is 0 Å². The van der Waals surface area contributed by atoms with Crippen LogP contribution in [0.25, 0.3) is 0 Å². The third kappa shape index (κ3) is 4.07. The van der Waals surface area contributed by atoms with Gasteiger partial charge in [0, 0.05) is 5.56 Å². The smallest absolute Gasteiger partial charge is 0.258 e. The molecule has 0 unspecified atom stereocenters. The number of oxime groups is 1. The highest BCUT2D eigenvalue weighted by Crippen LogP contribution is 2.10. The van der Waals surface area contributed by atoms with Crippen molar-refractivity contribution in [3.8, 4) is 0 Å². The van der Waals surface area contributed by atoms with Gasteiger partial charge in [-0.2, -0.15) is 0 Å². The summed E-state index contributed by atoms with van der Waals surface area (Å²) in [5.74, 6) is -0.614. The Balaban J connectivity index is 2.59. The molecule has 6 nitrogen and oxygen atoms in total. The second-order valence-electron chi connectivity index (χ2n) is 3.02. The number of hydrogen-bond acceptors (Lipinski definition) is 5. The van der Waals surface area contributed by atoms with Crippen molar-refractivity contribution in [3.05, 3.63) is 35.4 Å². The zero-order chi connectivity index (χ0) is 12.0. The van der Waals surface area contributed by atoms with E-state index in [1.807, 2.05) is 0 Å². The maximum atomic E-state index is 10.3. The number of nitrogens with zero attached hydrogens (tertiary/aromatic N) is 1. The largest absolute Gasteiger partial charge is 0.386 e. The Bertz CT molecular complexity index is 390. The van der Waals surface area contributed by atoms with Crippen molar-refractivity contribution in [1.82, 2.24) is 0 Å². The molecule has 0 atom stereocenters. The van der Waals surface area contributed by atoms with Crippen molar-refractivity contribution < 1.29 is 19.8 Å². The minimum Gasteiger partial charge on any atom is -0.386 e. The Morgan fingerprint density at radius 1 is 1.56 bits per heavy atom. The molecule has 0 spiro atoms. The van der Waals surface area contributed by atoms with Gasteiger partial charge >= 0.3 is 0 Å². The van der Waals surface area contributed by atoms with Crippen LogP contribution in [-0.4, -0.2) is 28.9 Å².